The SMILES string of the molecule is CCCCCCO[C@H]1[C@H](O)[C@@H](O)[C@@H](O)[C@@H](O)[C@@H]1O. The number of aliphatic hydroxyl groups is 5. The first-order valence-electron chi connectivity index (χ1n) is 6.52. The van der Waals surface area contributed by atoms with Crippen molar-refractivity contribution < 1.29 is 30.3 Å². The van der Waals surface area contributed by atoms with Crippen molar-refractivity contribution in [3.63, 3.8) is 0 Å². The van der Waals surface area contributed by atoms with E-state index in [4.69, 9.17) is 4.74 Å². The van der Waals surface area contributed by atoms with Crippen LogP contribution >= 0.6 is 0 Å². The van der Waals surface area contributed by atoms with Gasteiger partial charge < -0.3 is 30.3 Å². The minimum absolute atomic E-state index is 0.342. The van der Waals surface area contributed by atoms with Crippen LogP contribution in [0.2, 0.25) is 0 Å². The van der Waals surface area contributed by atoms with Gasteiger partial charge in [0.05, 0.1) is 0 Å². The lowest BCUT2D eigenvalue weighted by Gasteiger charge is -2.41. The van der Waals surface area contributed by atoms with Crippen molar-refractivity contribution in [1.29, 1.82) is 0 Å². The Morgan fingerprint density at radius 2 is 1.22 bits per heavy atom. The number of aliphatic hydroxyl groups excluding tert-OH is 5. The summed E-state index contributed by atoms with van der Waals surface area (Å²) in [4.78, 5) is 0. The van der Waals surface area contributed by atoms with Gasteiger partial charge in [-0.25, -0.2) is 0 Å². The highest BCUT2D eigenvalue weighted by molar-refractivity contribution is 4.99. The molecule has 0 bridgehead atoms. The normalized spacial score (nSPS) is 41.0. The molecule has 0 aliphatic heterocycles. The molecule has 1 saturated carbocycles. The van der Waals surface area contributed by atoms with Gasteiger partial charge in [0.25, 0.3) is 0 Å². The Kier molecular flexibility index (Phi) is 6.48. The van der Waals surface area contributed by atoms with Crippen LogP contribution < -0.4 is 0 Å². The Balaban J connectivity index is 2.42. The summed E-state index contributed by atoms with van der Waals surface area (Å²) in [5, 5.41) is 47.7. The summed E-state index contributed by atoms with van der Waals surface area (Å²) >= 11 is 0. The predicted molar refractivity (Wildman–Crippen MR) is 63.9 cm³/mol. The van der Waals surface area contributed by atoms with Crippen LogP contribution in [0.25, 0.3) is 0 Å². The van der Waals surface area contributed by atoms with Crippen LogP contribution in [-0.2, 0) is 4.74 Å². The average Bonchev–Trinajstić information content (AvgIpc) is 2.37. The first-order chi connectivity index (χ1) is 8.50. The van der Waals surface area contributed by atoms with Crippen LogP contribution in [0, 0.1) is 0 Å². The summed E-state index contributed by atoms with van der Waals surface area (Å²) in [7, 11) is 0. The number of rotatable bonds is 6. The first-order valence-corrected chi connectivity index (χ1v) is 6.52. The fourth-order valence-corrected chi connectivity index (χ4v) is 2.14. The molecule has 18 heavy (non-hydrogen) atoms. The van der Waals surface area contributed by atoms with Gasteiger partial charge in [0.1, 0.15) is 36.6 Å². The quantitative estimate of drug-likeness (QED) is 0.384. The van der Waals surface area contributed by atoms with Crippen LogP contribution in [0.5, 0.6) is 0 Å². The maximum Gasteiger partial charge on any atom is 0.114 e. The van der Waals surface area contributed by atoms with Gasteiger partial charge in [0.2, 0.25) is 0 Å². The third-order valence-corrected chi connectivity index (χ3v) is 3.38. The summed E-state index contributed by atoms with van der Waals surface area (Å²) in [6.07, 6.45) is -4.49. The molecule has 5 N–H and O–H groups in total. The summed E-state index contributed by atoms with van der Waals surface area (Å²) in [6.45, 7) is 2.43. The van der Waals surface area contributed by atoms with Gasteiger partial charge in [0.15, 0.2) is 0 Å². The number of ether oxygens (including phenoxy) is 1. The highest BCUT2D eigenvalue weighted by atomic mass is 16.5. The van der Waals surface area contributed by atoms with E-state index < -0.39 is 36.6 Å². The maximum absolute atomic E-state index is 9.69. The molecular weight excluding hydrogens is 240 g/mol. The van der Waals surface area contributed by atoms with Crippen LogP contribution in [0.15, 0.2) is 0 Å². The van der Waals surface area contributed by atoms with Crippen LogP contribution in [-0.4, -0.2) is 68.8 Å². The average molecular weight is 264 g/mol. The molecule has 6 heteroatoms. The van der Waals surface area contributed by atoms with Gasteiger partial charge in [-0.05, 0) is 6.42 Å². The molecule has 0 aromatic carbocycles. The summed E-state index contributed by atoms with van der Waals surface area (Å²) in [6, 6.07) is 0. The van der Waals surface area contributed by atoms with E-state index in [0.29, 0.717) is 6.61 Å². The lowest BCUT2D eigenvalue weighted by atomic mass is 9.85. The first kappa shape index (κ1) is 15.8. The van der Waals surface area contributed by atoms with Crippen LogP contribution in [0.3, 0.4) is 0 Å². The largest absolute Gasteiger partial charge is 0.387 e. The van der Waals surface area contributed by atoms with Gasteiger partial charge in [-0.15, -0.1) is 0 Å². The lowest BCUT2D eigenvalue weighted by Crippen LogP contribution is -2.64. The molecule has 108 valence electrons. The van der Waals surface area contributed by atoms with E-state index in [9.17, 15) is 25.5 Å². The van der Waals surface area contributed by atoms with Crippen molar-refractivity contribution in [1.82, 2.24) is 0 Å². The fraction of sp³-hybridized carbons (Fsp3) is 1.00. The Bertz CT molecular complexity index is 221. The summed E-state index contributed by atoms with van der Waals surface area (Å²) in [5.74, 6) is 0. The van der Waals surface area contributed by atoms with Crippen molar-refractivity contribution in [2.45, 2.75) is 69.2 Å². The number of hydrogen-bond donors (Lipinski definition) is 5. The molecule has 0 aromatic rings. The van der Waals surface area contributed by atoms with Gasteiger partial charge in [-0.1, -0.05) is 26.2 Å². The molecule has 1 rings (SSSR count). The van der Waals surface area contributed by atoms with Crippen molar-refractivity contribution >= 4 is 0 Å². The highest BCUT2D eigenvalue weighted by Gasteiger charge is 2.48. The molecule has 6 nitrogen and oxygen atoms in total. The number of unbranched alkanes of at least 4 members (excludes halogenated alkanes) is 3. The molecule has 0 unspecified atom stereocenters. The Labute approximate surface area is 107 Å². The Morgan fingerprint density at radius 3 is 1.72 bits per heavy atom. The van der Waals surface area contributed by atoms with Crippen molar-refractivity contribution in [2.75, 3.05) is 6.61 Å². The molecule has 0 amide bonds. The van der Waals surface area contributed by atoms with Gasteiger partial charge in [-0.2, -0.15) is 0 Å². The van der Waals surface area contributed by atoms with Gasteiger partial charge in [0, 0.05) is 6.61 Å². The molecule has 0 spiro atoms. The van der Waals surface area contributed by atoms with Crippen molar-refractivity contribution in [2.24, 2.45) is 0 Å². The maximum atomic E-state index is 9.69. The molecule has 0 saturated heterocycles. The monoisotopic (exact) mass is 264 g/mol. The Morgan fingerprint density at radius 1 is 0.722 bits per heavy atom. The van der Waals surface area contributed by atoms with E-state index in [1.54, 1.807) is 0 Å². The zero-order chi connectivity index (χ0) is 13.7. The molecule has 1 fully saturated rings. The molecule has 0 heterocycles. The van der Waals surface area contributed by atoms with Crippen LogP contribution in [0.1, 0.15) is 32.6 Å². The van der Waals surface area contributed by atoms with E-state index in [-0.39, 0.29) is 0 Å². The van der Waals surface area contributed by atoms with Gasteiger partial charge >= 0.3 is 0 Å². The minimum atomic E-state index is -1.56. The van der Waals surface area contributed by atoms with Crippen LogP contribution in [0.4, 0.5) is 0 Å². The topological polar surface area (TPSA) is 110 Å². The molecule has 0 radical (unpaired) electrons. The summed E-state index contributed by atoms with van der Waals surface area (Å²) in [5.41, 5.74) is 0. The standard InChI is InChI=1S/C12H24O6/c1-2-3-4-5-6-18-12-10(16)8(14)7(13)9(15)11(12)17/h7-17H,2-6H2,1H3/t7-,8+,9-,10-,11+,12+. The second-order valence-corrected chi connectivity index (χ2v) is 4.85. The van der Waals surface area contributed by atoms with E-state index in [1.807, 2.05) is 0 Å². The zero-order valence-corrected chi connectivity index (χ0v) is 10.6. The van der Waals surface area contributed by atoms with Crippen molar-refractivity contribution in [3.05, 3.63) is 0 Å². The van der Waals surface area contributed by atoms with E-state index in [1.165, 1.54) is 0 Å². The zero-order valence-electron chi connectivity index (χ0n) is 10.6. The molecular formula is C12H24O6. The third kappa shape index (κ3) is 3.63. The molecule has 0 aromatic heterocycles. The van der Waals surface area contributed by atoms with Gasteiger partial charge in [-0.3, -0.25) is 0 Å². The van der Waals surface area contributed by atoms with Crippen molar-refractivity contribution in [3.8, 4) is 0 Å². The summed E-state index contributed by atoms with van der Waals surface area (Å²) < 4.78 is 5.31. The highest BCUT2D eigenvalue weighted by Crippen LogP contribution is 2.24. The molecule has 1 aliphatic rings. The minimum Gasteiger partial charge on any atom is -0.387 e. The molecule has 1 aliphatic carbocycles. The number of hydrogen-bond acceptors (Lipinski definition) is 6. The smallest absolute Gasteiger partial charge is 0.114 e. The second-order valence-electron chi connectivity index (χ2n) is 4.85. The predicted octanol–water partition coefficient (Wildman–Crippen LogP) is -1.23. The van der Waals surface area contributed by atoms with E-state index >= 15 is 0 Å². The van der Waals surface area contributed by atoms with E-state index in [2.05, 4.69) is 6.92 Å². The van der Waals surface area contributed by atoms with E-state index in [0.717, 1.165) is 25.7 Å². The Hall–Kier alpha value is -0.240. The second kappa shape index (κ2) is 7.37. The third-order valence-electron chi connectivity index (χ3n) is 3.38. The molecule has 6 atom stereocenters. The lowest BCUT2D eigenvalue weighted by molar-refractivity contribution is -0.235. The fourth-order valence-electron chi connectivity index (χ4n) is 2.14.